The number of amides is 1. The Kier molecular flexibility index (Phi) is 10.2. The van der Waals surface area contributed by atoms with Crippen molar-refractivity contribution in [2.75, 3.05) is 58.3 Å². The highest BCUT2D eigenvalue weighted by Crippen LogP contribution is 2.22. The van der Waals surface area contributed by atoms with Gasteiger partial charge in [0.25, 0.3) is 0 Å². The number of aliphatic imine (C=N–C) groups is 1. The molecule has 146 valence electrons. The van der Waals surface area contributed by atoms with Crippen LogP contribution in [0.2, 0.25) is 0 Å². The average Bonchev–Trinajstić information content (AvgIpc) is 2.67. The first kappa shape index (κ1) is 22.3. The van der Waals surface area contributed by atoms with Gasteiger partial charge in [-0.3, -0.25) is 9.79 Å². The molecule has 1 saturated heterocycles. The average molecular weight is 475 g/mol. The molecule has 8 heteroatoms. The molecule has 0 atom stereocenters. The predicted molar refractivity (Wildman–Crippen MR) is 117 cm³/mol. The molecule has 1 heterocycles. The van der Waals surface area contributed by atoms with E-state index in [1.54, 1.807) is 14.2 Å². The fraction of sp³-hybridized carbons (Fsp3) is 0.556. The third-order valence-corrected chi connectivity index (χ3v) is 4.19. The van der Waals surface area contributed by atoms with Gasteiger partial charge >= 0.3 is 0 Å². The molecular weight excluding hydrogens is 445 g/mol. The standard InChI is InChI=1S/C18H29N5O2.HI/c1-4-8-20-17(24)14-21-18(19-2)23-11-9-22(10-12-23)15-6-5-7-16(13-15)25-3;/h5-7,13H,4,8-12,14H2,1-3H3,(H,19,21)(H,20,24);1H. The van der Waals surface area contributed by atoms with E-state index in [9.17, 15) is 4.79 Å². The highest BCUT2D eigenvalue weighted by molar-refractivity contribution is 14.0. The quantitative estimate of drug-likeness (QED) is 0.371. The number of anilines is 1. The molecular formula is C18H30IN5O2. The Morgan fingerprint density at radius 2 is 1.96 bits per heavy atom. The van der Waals surface area contributed by atoms with E-state index >= 15 is 0 Å². The number of methoxy groups -OCH3 is 1. The number of guanidine groups is 1. The maximum atomic E-state index is 11.7. The molecule has 0 spiro atoms. The van der Waals surface area contributed by atoms with Crippen molar-refractivity contribution in [1.29, 1.82) is 0 Å². The van der Waals surface area contributed by atoms with E-state index in [1.165, 1.54) is 5.69 Å². The van der Waals surface area contributed by atoms with Crippen LogP contribution in [0.15, 0.2) is 29.3 Å². The lowest BCUT2D eigenvalue weighted by molar-refractivity contribution is -0.120. The van der Waals surface area contributed by atoms with Crippen LogP contribution < -0.4 is 20.3 Å². The minimum absolute atomic E-state index is 0. The molecule has 1 aliphatic rings. The topological polar surface area (TPSA) is 69.2 Å². The third-order valence-electron chi connectivity index (χ3n) is 4.19. The highest BCUT2D eigenvalue weighted by Gasteiger charge is 2.20. The lowest BCUT2D eigenvalue weighted by Gasteiger charge is -2.37. The number of nitrogens with one attached hydrogen (secondary N) is 2. The number of benzene rings is 1. The van der Waals surface area contributed by atoms with Crippen LogP contribution in [0.5, 0.6) is 5.75 Å². The molecule has 1 aliphatic heterocycles. The van der Waals surface area contributed by atoms with E-state index in [0.717, 1.165) is 44.3 Å². The monoisotopic (exact) mass is 475 g/mol. The number of carbonyl (C=O) groups is 1. The number of piperazine rings is 1. The Balaban J connectivity index is 0.00000338. The molecule has 1 amide bonds. The van der Waals surface area contributed by atoms with E-state index in [0.29, 0.717) is 6.54 Å². The smallest absolute Gasteiger partial charge is 0.239 e. The van der Waals surface area contributed by atoms with Crippen LogP contribution in [0.25, 0.3) is 0 Å². The van der Waals surface area contributed by atoms with Gasteiger partial charge in [0, 0.05) is 51.5 Å². The molecule has 0 saturated carbocycles. The molecule has 2 rings (SSSR count). The number of nitrogens with zero attached hydrogens (tertiary/aromatic N) is 3. The number of hydrogen-bond acceptors (Lipinski definition) is 4. The summed E-state index contributed by atoms with van der Waals surface area (Å²) in [5.41, 5.74) is 1.17. The molecule has 0 unspecified atom stereocenters. The molecule has 1 fully saturated rings. The zero-order valence-corrected chi connectivity index (χ0v) is 18.2. The Morgan fingerprint density at radius 1 is 1.23 bits per heavy atom. The predicted octanol–water partition coefficient (Wildman–Crippen LogP) is 1.54. The van der Waals surface area contributed by atoms with Gasteiger partial charge in [-0.25, -0.2) is 0 Å². The van der Waals surface area contributed by atoms with Gasteiger partial charge in [0.2, 0.25) is 5.91 Å². The maximum Gasteiger partial charge on any atom is 0.239 e. The fourth-order valence-electron chi connectivity index (χ4n) is 2.80. The van der Waals surface area contributed by atoms with Crippen molar-refractivity contribution in [2.45, 2.75) is 13.3 Å². The lowest BCUT2D eigenvalue weighted by Crippen LogP contribution is -2.53. The first-order chi connectivity index (χ1) is 12.2. The summed E-state index contributed by atoms with van der Waals surface area (Å²) in [6, 6.07) is 8.12. The van der Waals surface area contributed by atoms with Crippen molar-refractivity contribution >= 4 is 41.5 Å². The van der Waals surface area contributed by atoms with E-state index in [2.05, 4.69) is 37.6 Å². The van der Waals surface area contributed by atoms with Gasteiger partial charge in [0.1, 0.15) is 5.75 Å². The van der Waals surface area contributed by atoms with Crippen LogP contribution in [0.4, 0.5) is 5.69 Å². The van der Waals surface area contributed by atoms with Gasteiger partial charge in [-0.2, -0.15) is 0 Å². The van der Waals surface area contributed by atoms with Gasteiger partial charge in [0.15, 0.2) is 5.96 Å². The van der Waals surface area contributed by atoms with Crippen LogP contribution in [-0.4, -0.2) is 70.2 Å². The van der Waals surface area contributed by atoms with Crippen molar-refractivity contribution in [3.8, 4) is 5.75 Å². The van der Waals surface area contributed by atoms with Crippen LogP contribution in [0, 0.1) is 0 Å². The van der Waals surface area contributed by atoms with Gasteiger partial charge in [0.05, 0.1) is 13.7 Å². The molecule has 26 heavy (non-hydrogen) atoms. The minimum atomic E-state index is -0.00184. The molecule has 0 radical (unpaired) electrons. The molecule has 1 aromatic carbocycles. The number of halogens is 1. The highest BCUT2D eigenvalue weighted by atomic mass is 127. The van der Waals surface area contributed by atoms with E-state index in [1.807, 2.05) is 19.1 Å². The summed E-state index contributed by atoms with van der Waals surface area (Å²) in [7, 11) is 3.43. The van der Waals surface area contributed by atoms with Crippen molar-refractivity contribution in [3.63, 3.8) is 0 Å². The second-order valence-corrected chi connectivity index (χ2v) is 5.93. The van der Waals surface area contributed by atoms with E-state index < -0.39 is 0 Å². The second-order valence-electron chi connectivity index (χ2n) is 5.93. The molecule has 0 bridgehead atoms. The Hall–Kier alpha value is -1.71. The number of hydrogen-bond donors (Lipinski definition) is 2. The second kappa shape index (κ2) is 11.8. The molecule has 7 nitrogen and oxygen atoms in total. The Bertz CT molecular complexity index is 589. The zero-order valence-electron chi connectivity index (χ0n) is 15.8. The summed E-state index contributed by atoms with van der Waals surface area (Å²) < 4.78 is 5.30. The number of ether oxygens (including phenoxy) is 1. The van der Waals surface area contributed by atoms with E-state index in [-0.39, 0.29) is 36.4 Å². The Labute approximate surface area is 173 Å². The van der Waals surface area contributed by atoms with Crippen LogP contribution in [-0.2, 0) is 4.79 Å². The van der Waals surface area contributed by atoms with E-state index in [4.69, 9.17) is 4.74 Å². The maximum absolute atomic E-state index is 11.7. The summed E-state index contributed by atoms with van der Waals surface area (Å²) in [6.07, 6.45) is 0.937. The van der Waals surface area contributed by atoms with Gasteiger partial charge in [-0.05, 0) is 18.6 Å². The largest absolute Gasteiger partial charge is 0.497 e. The summed E-state index contributed by atoms with van der Waals surface area (Å²) in [6.45, 7) is 6.50. The fourth-order valence-corrected chi connectivity index (χ4v) is 2.80. The SMILES string of the molecule is CCCNC(=O)CNC(=NC)N1CCN(c2cccc(OC)c2)CC1.I. The van der Waals surface area contributed by atoms with Crippen LogP contribution >= 0.6 is 24.0 Å². The van der Waals surface area contributed by atoms with Crippen LogP contribution in [0.3, 0.4) is 0 Å². The van der Waals surface area contributed by atoms with Crippen molar-refractivity contribution in [1.82, 2.24) is 15.5 Å². The summed E-state index contributed by atoms with van der Waals surface area (Å²) in [5.74, 6) is 1.64. The zero-order chi connectivity index (χ0) is 18.1. The summed E-state index contributed by atoms with van der Waals surface area (Å²) >= 11 is 0. The Morgan fingerprint density at radius 3 is 2.58 bits per heavy atom. The molecule has 0 aromatic heterocycles. The van der Waals surface area contributed by atoms with Gasteiger partial charge in [-0.15, -0.1) is 24.0 Å². The number of rotatable bonds is 6. The molecule has 2 N–H and O–H groups in total. The summed E-state index contributed by atoms with van der Waals surface area (Å²) in [4.78, 5) is 20.6. The normalized spacial score (nSPS) is 14.5. The molecule has 1 aromatic rings. The minimum Gasteiger partial charge on any atom is -0.497 e. The van der Waals surface area contributed by atoms with Crippen molar-refractivity contribution in [2.24, 2.45) is 4.99 Å². The number of carbonyl (C=O) groups excluding carboxylic acids is 1. The van der Waals surface area contributed by atoms with Crippen molar-refractivity contribution in [3.05, 3.63) is 24.3 Å². The first-order valence-electron chi connectivity index (χ1n) is 8.79. The van der Waals surface area contributed by atoms with Gasteiger partial charge < -0.3 is 25.2 Å². The van der Waals surface area contributed by atoms with Gasteiger partial charge in [-0.1, -0.05) is 13.0 Å². The first-order valence-corrected chi connectivity index (χ1v) is 8.79. The van der Waals surface area contributed by atoms with Crippen molar-refractivity contribution < 1.29 is 9.53 Å². The molecule has 0 aliphatic carbocycles. The lowest BCUT2D eigenvalue weighted by atomic mass is 10.2. The van der Waals surface area contributed by atoms with Crippen LogP contribution in [0.1, 0.15) is 13.3 Å². The summed E-state index contributed by atoms with van der Waals surface area (Å²) in [5, 5.41) is 6.01. The third kappa shape index (κ3) is 6.54.